The maximum Gasteiger partial charge on any atom is 0.416 e. The second-order valence-electron chi connectivity index (χ2n) is 8.31. The van der Waals surface area contributed by atoms with Gasteiger partial charge in [0.1, 0.15) is 5.84 Å². The minimum Gasteiger partial charge on any atom is -0.394 e. The van der Waals surface area contributed by atoms with Crippen LogP contribution in [0.1, 0.15) is 29.5 Å². The lowest BCUT2D eigenvalue weighted by Crippen LogP contribution is -2.33. The number of thioether (sulfide) groups is 1. The van der Waals surface area contributed by atoms with Crippen molar-refractivity contribution in [3.63, 3.8) is 0 Å². The number of rotatable bonds is 9. The fourth-order valence-electron chi connectivity index (χ4n) is 3.94. The molecule has 2 aliphatic heterocycles. The highest BCUT2D eigenvalue weighted by molar-refractivity contribution is 8.18. The summed E-state index contributed by atoms with van der Waals surface area (Å²) < 4.78 is 73.4. The second-order valence-corrected chi connectivity index (χ2v) is 9.33. The first kappa shape index (κ1) is 28.1. The predicted octanol–water partition coefficient (Wildman–Crippen LogP) is 4.39. The first-order valence-electron chi connectivity index (χ1n) is 11.3. The number of benzene rings is 1. The van der Waals surface area contributed by atoms with Crippen molar-refractivity contribution in [3.8, 4) is 12.3 Å². The zero-order chi connectivity index (χ0) is 26.3. The molecule has 2 heterocycles. The molecular weight excluding hydrogens is 505 g/mol. The number of amidine groups is 1. The van der Waals surface area contributed by atoms with Crippen LogP contribution in [0.25, 0.3) is 0 Å². The standard InChI is InChI=1S/C24H26F5N3O3S/c1-2-23(25,26)18-4-3-17(19(14-18)24(27,28)29)15-32-8-5-16(6-9-32)13-20-21(31-22(34)36-20)30-7-11-35-12-10-33/h1,3-4,13-14,16,33H,5-12,15H2,(H,30,31,34)/b20-13-. The molecule has 3 rings (SSSR count). The van der Waals surface area contributed by atoms with Crippen LogP contribution in [-0.4, -0.2) is 60.5 Å². The van der Waals surface area contributed by atoms with E-state index in [1.165, 1.54) is 5.92 Å². The topological polar surface area (TPSA) is 74.2 Å². The molecule has 2 saturated heterocycles. The molecule has 36 heavy (non-hydrogen) atoms. The van der Waals surface area contributed by atoms with E-state index in [1.54, 1.807) is 0 Å². The van der Waals surface area contributed by atoms with Crippen LogP contribution in [0.5, 0.6) is 0 Å². The number of nitrogens with one attached hydrogen (secondary N) is 1. The number of carbonyl (C=O) groups is 1. The number of ether oxygens (including phenoxy) is 1. The molecule has 0 bridgehead atoms. The van der Waals surface area contributed by atoms with Gasteiger partial charge in [0.25, 0.3) is 5.24 Å². The zero-order valence-corrected chi connectivity index (χ0v) is 20.1. The molecule has 6 nitrogen and oxygen atoms in total. The maximum absolute atomic E-state index is 13.8. The highest BCUT2D eigenvalue weighted by Crippen LogP contribution is 2.37. The number of likely N-dealkylation sites (tertiary alicyclic amines) is 1. The van der Waals surface area contributed by atoms with Gasteiger partial charge in [0.2, 0.25) is 0 Å². The van der Waals surface area contributed by atoms with Gasteiger partial charge in [-0.05, 0) is 61.2 Å². The molecule has 1 aromatic carbocycles. The van der Waals surface area contributed by atoms with Gasteiger partial charge in [-0.1, -0.05) is 18.2 Å². The SMILES string of the molecule is C#CC(F)(F)c1ccc(CN2CCC(/C=C3\SC(=O)NC3=NCCOCCO)CC2)c(C(F)(F)F)c1. The second kappa shape index (κ2) is 12.2. The quantitative estimate of drug-likeness (QED) is 0.281. The normalized spacial score (nSPS) is 20.2. The van der Waals surface area contributed by atoms with E-state index in [0.717, 1.165) is 23.9 Å². The van der Waals surface area contributed by atoms with Crippen molar-refractivity contribution in [2.24, 2.45) is 10.9 Å². The smallest absolute Gasteiger partial charge is 0.394 e. The maximum atomic E-state index is 13.8. The Labute approximate surface area is 210 Å². The Morgan fingerprint density at radius 3 is 2.61 bits per heavy atom. The monoisotopic (exact) mass is 531 g/mol. The zero-order valence-electron chi connectivity index (χ0n) is 19.3. The van der Waals surface area contributed by atoms with Crippen LogP contribution < -0.4 is 5.32 Å². The van der Waals surface area contributed by atoms with Crippen molar-refractivity contribution in [3.05, 3.63) is 45.9 Å². The Morgan fingerprint density at radius 1 is 1.25 bits per heavy atom. The number of hydrogen-bond acceptors (Lipinski definition) is 6. The summed E-state index contributed by atoms with van der Waals surface area (Å²) in [7, 11) is 0. The van der Waals surface area contributed by atoms with Crippen LogP contribution >= 0.6 is 11.8 Å². The summed E-state index contributed by atoms with van der Waals surface area (Å²) in [6.07, 6.45) is 3.23. The van der Waals surface area contributed by atoms with Gasteiger partial charge in [-0.3, -0.25) is 14.7 Å². The van der Waals surface area contributed by atoms with Gasteiger partial charge in [-0.15, -0.1) is 6.42 Å². The number of terminal acetylenes is 1. The van der Waals surface area contributed by atoms with Gasteiger partial charge in [0, 0.05) is 12.1 Å². The van der Waals surface area contributed by atoms with Crippen LogP contribution in [0.15, 0.2) is 34.2 Å². The summed E-state index contributed by atoms with van der Waals surface area (Å²) in [6.45, 7) is 1.71. The number of carbonyl (C=O) groups excluding carboxylic acids is 1. The van der Waals surface area contributed by atoms with E-state index in [1.807, 2.05) is 11.0 Å². The highest BCUT2D eigenvalue weighted by Gasteiger charge is 2.37. The third kappa shape index (κ3) is 7.52. The minimum atomic E-state index is -4.79. The lowest BCUT2D eigenvalue weighted by Gasteiger charge is -2.31. The summed E-state index contributed by atoms with van der Waals surface area (Å²) in [5, 5.41) is 11.2. The molecule has 0 atom stereocenters. The number of aliphatic hydroxyl groups excluding tert-OH is 1. The summed E-state index contributed by atoms with van der Waals surface area (Å²) in [5.74, 6) is -2.00. The fraction of sp³-hybridized carbons (Fsp3) is 0.500. The molecule has 1 aromatic rings. The Kier molecular flexibility index (Phi) is 9.52. The average Bonchev–Trinajstić information content (AvgIpc) is 3.18. The lowest BCUT2D eigenvalue weighted by molar-refractivity contribution is -0.138. The van der Waals surface area contributed by atoms with Gasteiger partial charge >= 0.3 is 12.1 Å². The summed E-state index contributed by atoms with van der Waals surface area (Å²) in [4.78, 5) is 18.7. The summed E-state index contributed by atoms with van der Waals surface area (Å²) in [5.41, 5.74) is -2.06. The molecule has 12 heteroatoms. The van der Waals surface area contributed by atoms with Gasteiger partial charge in [0.15, 0.2) is 0 Å². The van der Waals surface area contributed by atoms with Crippen LogP contribution in [0.2, 0.25) is 0 Å². The average molecular weight is 532 g/mol. The van der Waals surface area contributed by atoms with Crippen LogP contribution in [0.3, 0.4) is 0 Å². The highest BCUT2D eigenvalue weighted by atomic mass is 32.2. The predicted molar refractivity (Wildman–Crippen MR) is 127 cm³/mol. The largest absolute Gasteiger partial charge is 0.416 e. The van der Waals surface area contributed by atoms with E-state index in [-0.39, 0.29) is 36.5 Å². The Hall–Kier alpha value is -2.46. The molecule has 0 aliphatic carbocycles. The fourth-order valence-corrected chi connectivity index (χ4v) is 4.76. The van der Waals surface area contributed by atoms with E-state index in [2.05, 4.69) is 10.3 Å². The molecular formula is C24H26F5N3O3S. The number of allylic oxidation sites excluding steroid dienone is 1. The number of halogens is 5. The minimum absolute atomic E-state index is 0.0324. The number of amides is 1. The van der Waals surface area contributed by atoms with E-state index >= 15 is 0 Å². The summed E-state index contributed by atoms with van der Waals surface area (Å²) in [6, 6.07) is 2.44. The van der Waals surface area contributed by atoms with Crippen molar-refractivity contribution in [1.29, 1.82) is 0 Å². The van der Waals surface area contributed by atoms with Gasteiger partial charge in [-0.25, -0.2) is 0 Å². The molecule has 2 fully saturated rings. The van der Waals surface area contributed by atoms with E-state index in [0.29, 0.717) is 55.9 Å². The van der Waals surface area contributed by atoms with E-state index in [9.17, 15) is 26.7 Å². The Bertz CT molecular complexity index is 1040. The van der Waals surface area contributed by atoms with Crippen LogP contribution in [0.4, 0.5) is 26.7 Å². The van der Waals surface area contributed by atoms with Gasteiger partial charge < -0.3 is 15.2 Å². The Morgan fingerprint density at radius 2 is 1.97 bits per heavy atom. The molecule has 196 valence electrons. The molecule has 0 unspecified atom stereocenters. The lowest BCUT2D eigenvalue weighted by atomic mass is 9.94. The molecule has 1 amide bonds. The Balaban J connectivity index is 1.63. The van der Waals surface area contributed by atoms with Crippen LogP contribution in [0, 0.1) is 18.3 Å². The van der Waals surface area contributed by atoms with Crippen molar-refractivity contribution in [2.45, 2.75) is 31.5 Å². The van der Waals surface area contributed by atoms with E-state index < -0.39 is 23.2 Å². The number of piperidine rings is 1. The van der Waals surface area contributed by atoms with Crippen LogP contribution in [-0.2, 0) is 23.4 Å². The third-order valence-corrected chi connectivity index (χ3v) is 6.61. The number of aliphatic imine (C=N–C) groups is 1. The van der Waals surface area contributed by atoms with Gasteiger partial charge in [0.05, 0.1) is 36.8 Å². The molecule has 0 saturated carbocycles. The molecule has 0 radical (unpaired) electrons. The van der Waals surface area contributed by atoms with Crippen molar-refractivity contribution in [1.82, 2.24) is 10.2 Å². The number of alkyl halides is 5. The van der Waals surface area contributed by atoms with Gasteiger partial charge in [-0.2, -0.15) is 22.0 Å². The first-order chi connectivity index (χ1) is 17.0. The summed E-state index contributed by atoms with van der Waals surface area (Å²) >= 11 is 1.03. The molecule has 0 spiro atoms. The van der Waals surface area contributed by atoms with Crippen molar-refractivity contribution < 1.29 is 36.6 Å². The van der Waals surface area contributed by atoms with E-state index in [4.69, 9.17) is 16.3 Å². The molecule has 0 aromatic heterocycles. The van der Waals surface area contributed by atoms with Crippen molar-refractivity contribution in [2.75, 3.05) is 39.5 Å². The molecule has 2 N–H and O–H groups in total. The number of hydrogen-bond donors (Lipinski definition) is 2. The number of nitrogens with zero attached hydrogens (tertiary/aromatic N) is 2. The number of aliphatic hydroxyl groups is 1. The van der Waals surface area contributed by atoms with Crippen molar-refractivity contribution >= 4 is 22.8 Å². The third-order valence-electron chi connectivity index (χ3n) is 5.77. The molecule has 2 aliphatic rings. The first-order valence-corrected chi connectivity index (χ1v) is 12.1.